The summed E-state index contributed by atoms with van der Waals surface area (Å²) in [4.78, 5) is 41.2. The molecule has 0 atom stereocenters. The first-order valence-electron chi connectivity index (χ1n) is 8.47. The van der Waals surface area contributed by atoms with Crippen LogP contribution in [0.4, 0.5) is 11.4 Å². The highest BCUT2D eigenvalue weighted by molar-refractivity contribution is 8.26. The van der Waals surface area contributed by atoms with Crippen molar-refractivity contribution in [2.24, 2.45) is 0 Å². The zero-order valence-corrected chi connectivity index (χ0v) is 16.5. The number of thioether (sulfide) groups is 1. The van der Waals surface area contributed by atoms with Gasteiger partial charge in [0.15, 0.2) is 0 Å². The summed E-state index contributed by atoms with van der Waals surface area (Å²) in [6.07, 6.45) is 0. The number of amides is 3. The van der Waals surface area contributed by atoms with Gasteiger partial charge in [0.25, 0.3) is 11.8 Å². The van der Waals surface area contributed by atoms with E-state index >= 15 is 0 Å². The van der Waals surface area contributed by atoms with E-state index in [1.807, 2.05) is 18.2 Å². The van der Waals surface area contributed by atoms with E-state index in [4.69, 9.17) is 12.2 Å². The molecule has 2 aliphatic heterocycles. The number of rotatable bonds is 3. The number of likely N-dealkylation sites (N-methyl/N-ethyl adjacent to an activating group) is 1. The van der Waals surface area contributed by atoms with Crippen molar-refractivity contribution in [3.63, 3.8) is 0 Å². The van der Waals surface area contributed by atoms with Crippen LogP contribution in [0.5, 0.6) is 0 Å². The standard InChI is InChI=1S/C20H15N3O3S2/c1-22-19(26)17(28-20(22)27)16-13-9-5-6-10-14(13)23(18(16)25)11-15(24)21-12-7-3-2-4-8-12/h2-10H,11H2,1H3,(H,21,24). The van der Waals surface area contributed by atoms with Crippen molar-refractivity contribution in [1.29, 1.82) is 0 Å². The molecule has 28 heavy (non-hydrogen) atoms. The first-order chi connectivity index (χ1) is 13.5. The Morgan fingerprint density at radius 1 is 1.04 bits per heavy atom. The van der Waals surface area contributed by atoms with Crippen molar-refractivity contribution < 1.29 is 14.4 Å². The number of benzene rings is 2. The van der Waals surface area contributed by atoms with Crippen molar-refractivity contribution >= 4 is 63.0 Å². The highest BCUT2D eigenvalue weighted by Gasteiger charge is 2.41. The molecule has 0 spiro atoms. The smallest absolute Gasteiger partial charge is 0.266 e. The number of fused-ring (bicyclic) bond motifs is 1. The molecule has 3 amide bonds. The second kappa shape index (κ2) is 7.21. The zero-order valence-electron chi connectivity index (χ0n) is 14.8. The first kappa shape index (κ1) is 18.4. The summed E-state index contributed by atoms with van der Waals surface area (Å²) in [5.41, 5.74) is 2.19. The van der Waals surface area contributed by atoms with Crippen molar-refractivity contribution in [2.75, 3.05) is 23.8 Å². The number of para-hydroxylation sites is 2. The third kappa shape index (κ3) is 3.10. The van der Waals surface area contributed by atoms with Gasteiger partial charge in [-0.25, -0.2) is 0 Å². The number of carbonyl (C=O) groups is 3. The Morgan fingerprint density at radius 2 is 1.71 bits per heavy atom. The molecule has 1 fully saturated rings. The molecule has 0 radical (unpaired) electrons. The van der Waals surface area contributed by atoms with Gasteiger partial charge in [0.05, 0.1) is 16.2 Å². The third-order valence-corrected chi connectivity index (χ3v) is 6.03. The predicted molar refractivity (Wildman–Crippen MR) is 114 cm³/mol. The maximum Gasteiger partial charge on any atom is 0.266 e. The summed E-state index contributed by atoms with van der Waals surface area (Å²) < 4.78 is 0.401. The van der Waals surface area contributed by atoms with E-state index in [0.717, 1.165) is 11.8 Å². The van der Waals surface area contributed by atoms with Gasteiger partial charge in [0, 0.05) is 18.3 Å². The first-order valence-corrected chi connectivity index (χ1v) is 9.70. The molecule has 0 aliphatic carbocycles. The Balaban J connectivity index is 1.67. The quantitative estimate of drug-likeness (QED) is 0.624. The van der Waals surface area contributed by atoms with Crippen molar-refractivity contribution in [1.82, 2.24) is 4.90 Å². The van der Waals surface area contributed by atoms with Crippen LogP contribution in [0.25, 0.3) is 5.57 Å². The monoisotopic (exact) mass is 409 g/mol. The molecule has 0 saturated carbocycles. The van der Waals surface area contributed by atoms with Crippen LogP contribution < -0.4 is 10.2 Å². The molecule has 0 aromatic heterocycles. The fourth-order valence-electron chi connectivity index (χ4n) is 3.11. The average molecular weight is 409 g/mol. The number of carbonyl (C=O) groups excluding carboxylic acids is 3. The van der Waals surface area contributed by atoms with Gasteiger partial charge in [0.2, 0.25) is 5.91 Å². The number of hydrogen-bond donors (Lipinski definition) is 1. The van der Waals surface area contributed by atoms with E-state index in [0.29, 0.717) is 31.7 Å². The van der Waals surface area contributed by atoms with Crippen molar-refractivity contribution in [3.8, 4) is 0 Å². The van der Waals surface area contributed by atoms with Gasteiger partial charge in [0.1, 0.15) is 10.9 Å². The van der Waals surface area contributed by atoms with E-state index in [1.54, 1.807) is 43.4 Å². The van der Waals surface area contributed by atoms with Gasteiger partial charge in [-0.1, -0.05) is 60.4 Å². The van der Waals surface area contributed by atoms with Crippen LogP contribution in [0.3, 0.4) is 0 Å². The summed E-state index contributed by atoms with van der Waals surface area (Å²) >= 11 is 6.30. The minimum absolute atomic E-state index is 0.152. The highest BCUT2D eigenvalue weighted by atomic mass is 32.2. The Morgan fingerprint density at radius 3 is 2.39 bits per heavy atom. The van der Waals surface area contributed by atoms with E-state index < -0.39 is 0 Å². The number of thiocarbonyl (C=S) groups is 1. The van der Waals surface area contributed by atoms with Crippen LogP contribution in [-0.4, -0.2) is 40.5 Å². The second-order valence-electron chi connectivity index (χ2n) is 6.26. The lowest BCUT2D eigenvalue weighted by molar-refractivity contribution is -0.121. The van der Waals surface area contributed by atoms with Gasteiger partial charge >= 0.3 is 0 Å². The maximum absolute atomic E-state index is 13.2. The van der Waals surface area contributed by atoms with Crippen LogP contribution in [0.15, 0.2) is 59.5 Å². The van der Waals surface area contributed by atoms with Crippen LogP contribution >= 0.6 is 24.0 Å². The number of hydrogen-bond acceptors (Lipinski definition) is 5. The molecule has 1 N–H and O–H groups in total. The molecule has 8 heteroatoms. The molecule has 2 heterocycles. The lowest BCUT2D eigenvalue weighted by Gasteiger charge is -2.16. The van der Waals surface area contributed by atoms with E-state index in [2.05, 4.69) is 5.32 Å². The third-order valence-electron chi connectivity index (χ3n) is 4.47. The van der Waals surface area contributed by atoms with Crippen LogP contribution in [0, 0.1) is 0 Å². The molecular weight excluding hydrogens is 394 g/mol. The second-order valence-corrected chi connectivity index (χ2v) is 7.90. The molecule has 2 aliphatic rings. The molecule has 4 rings (SSSR count). The van der Waals surface area contributed by atoms with E-state index in [9.17, 15) is 14.4 Å². The van der Waals surface area contributed by atoms with Crippen molar-refractivity contribution in [3.05, 3.63) is 65.1 Å². The largest absolute Gasteiger partial charge is 0.325 e. The summed E-state index contributed by atoms with van der Waals surface area (Å²) in [6.45, 7) is -0.152. The molecule has 0 unspecified atom stereocenters. The van der Waals surface area contributed by atoms with E-state index in [-0.39, 0.29) is 24.3 Å². The molecule has 2 aromatic rings. The molecule has 2 aromatic carbocycles. The minimum atomic E-state index is -0.377. The van der Waals surface area contributed by atoms with Gasteiger partial charge in [-0.3, -0.25) is 24.2 Å². The molecular formula is C20H15N3O3S2. The van der Waals surface area contributed by atoms with Crippen LogP contribution in [-0.2, 0) is 14.4 Å². The average Bonchev–Trinajstić information content (AvgIpc) is 3.10. The topological polar surface area (TPSA) is 69.7 Å². The lowest BCUT2D eigenvalue weighted by Crippen LogP contribution is -2.35. The highest BCUT2D eigenvalue weighted by Crippen LogP contribution is 2.44. The van der Waals surface area contributed by atoms with Gasteiger partial charge in [-0.05, 0) is 18.2 Å². The van der Waals surface area contributed by atoms with Gasteiger partial charge in [-0.2, -0.15) is 0 Å². The Hall–Kier alpha value is -2.97. The lowest BCUT2D eigenvalue weighted by atomic mass is 10.1. The summed E-state index contributed by atoms with van der Waals surface area (Å²) in [5, 5.41) is 2.78. The fraction of sp³-hybridized carbons (Fsp3) is 0.100. The number of anilines is 2. The maximum atomic E-state index is 13.2. The minimum Gasteiger partial charge on any atom is -0.325 e. The molecule has 0 bridgehead atoms. The SMILES string of the molecule is CN1C(=O)C(=C2C(=O)N(CC(=O)Nc3ccccc3)c3ccccc32)SC1=S. The van der Waals surface area contributed by atoms with Crippen molar-refractivity contribution in [2.45, 2.75) is 0 Å². The van der Waals surface area contributed by atoms with Crippen LogP contribution in [0.1, 0.15) is 5.56 Å². The summed E-state index contributed by atoms with van der Waals surface area (Å²) in [6, 6.07) is 16.2. The van der Waals surface area contributed by atoms with E-state index in [1.165, 1.54) is 9.80 Å². The number of nitrogens with zero attached hydrogens (tertiary/aromatic N) is 2. The zero-order chi connectivity index (χ0) is 19.8. The van der Waals surface area contributed by atoms with Gasteiger partial charge < -0.3 is 5.32 Å². The van der Waals surface area contributed by atoms with Gasteiger partial charge in [-0.15, -0.1) is 0 Å². The van der Waals surface area contributed by atoms with Crippen LogP contribution in [0.2, 0.25) is 0 Å². The fourth-order valence-corrected chi connectivity index (χ4v) is 4.37. The Bertz CT molecular complexity index is 1050. The Kier molecular flexibility index (Phi) is 4.74. The summed E-state index contributed by atoms with van der Waals surface area (Å²) in [5.74, 6) is -0.999. The molecule has 140 valence electrons. The predicted octanol–water partition coefficient (Wildman–Crippen LogP) is 2.87. The normalized spacial score (nSPS) is 18.7. The molecule has 6 nitrogen and oxygen atoms in total. The molecule has 1 saturated heterocycles. The summed E-state index contributed by atoms with van der Waals surface area (Å²) in [7, 11) is 1.58. The number of nitrogens with one attached hydrogen (secondary N) is 1. The Labute approximate surface area is 171 Å².